The van der Waals surface area contributed by atoms with Crippen molar-refractivity contribution >= 4 is 0 Å². The predicted octanol–water partition coefficient (Wildman–Crippen LogP) is 5.33. The molecule has 3 N–H and O–H groups in total. The summed E-state index contributed by atoms with van der Waals surface area (Å²) in [6.45, 7) is 9.91. The smallest absolute Gasteiger partial charge is 0.0758 e. The summed E-state index contributed by atoms with van der Waals surface area (Å²) >= 11 is 0. The van der Waals surface area contributed by atoms with E-state index in [0.717, 1.165) is 37.5 Å². The van der Waals surface area contributed by atoms with Crippen molar-refractivity contribution in [3.63, 3.8) is 0 Å². The Morgan fingerprint density at radius 2 is 1.67 bits per heavy atom. The number of aliphatic hydroxyl groups excluding tert-OH is 3. The molecule has 4 aliphatic rings. The number of hydrogen-bond donors (Lipinski definition) is 3. The van der Waals surface area contributed by atoms with Crippen LogP contribution in [0.2, 0.25) is 0 Å². The van der Waals surface area contributed by atoms with Crippen LogP contribution in [-0.2, 0) is 0 Å². The van der Waals surface area contributed by atoms with E-state index in [2.05, 4.69) is 33.8 Å². The number of allylic oxidation sites excluding steroid dienone is 1. The summed E-state index contributed by atoms with van der Waals surface area (Å²) in [6, 6.07) is 0. The van der Waals surface area contributed by atoms with Gasteiger partial charge in [-0.2, -0.15) is 0 Å². The molecule has 0 aromatic heterocycles. The lowest BCUT2D eigenvalue weighted by atomic mass is 9.47. The maximum absolute atomic E-state index is 11.1. The van der Waals surface area contributed by atoms with E-state index in [0.29, 0.717) is 29.8 Å². The highest BCUT2D eigenvalue weighted by atomic mass is 16.3. The molecule has 3 fully saturated rings. The zero-order valence-corrected chi connectivity index (χ0v) is 19.8. The van der Waals surface area contributed by atoms with E-state index >= 15 is 0 Å². The van der Waals surface area contributed by atoms with Crippen LogP contribution < -0.4 is 0 Å². The van der Waals surface area contributed by atoms with Gasteiger partial charge >= 0.3 is 0 Å². The molecule has 0 bridgehead atoms. The van der Waals surface area contributed by atoms with Crippen LogP contribution in [0.15, 0.2) is 11.6 Å². The van der Waals surface area contributed by atoms with Gasteiger partial charge in [-0.15, -0.1) is 0 Å². The van der Waals surface area contributed by atoms with Gasteiger partial charge in [-0.3, -0.25) is 0 Å². The Balaban J connectivity index is 1.51. The molecule has 5 unspecified atom stereocenters. The highest BCUT2D eigenvalue weighted by Crippen LogP contribution is 2.66. The molecular weight excluding hydrogens is 372 g/mol. The first kappa shape index (κ1) is 22.8. The standard InChI is InChI=1S/C27H46O3/c1-17(16-28)6-5-7-18(2)21-8-9-22-20-15-25(30)24-14-19(29)10-12-27(24,4)23(20)11-13-26(21,22)3/h15,17-19,21-25,28-30H,5-14,16H2,1-4H3/t17?,18-,19+,21?,22?,23?,24-,25?,26-,27-/m1/s1. The molecule has 0 aromatic carbocycles. The van der Waals surface area contributed by atoms with Gasteiger partial charge in [0.25, 0.3) is 0 Å². The first-order valence-electron chi connectivity index (χ1n) is 12.9. The van der Waals surface area contributed by atoms with Crippen LogP contribution in [0.25, 0.3) is 0 Å². The quantitative estimate of drug-likeness (QED) is 0.511. The third-order valence-corrected chi connectivity index (χ3v) is 10.5. The average Bonchev–Trinajstić information content (AvgIpc) is 3.06. The van der Waals surface area contributed by atoms with Gasteiger partial charge in [-0.1, -0.05) is 52.2 Å². The van der Waals surface area contributed by atoms with Crippen molar-refractivity contribution in [1.29, 1.82) is 0 Å². The maximum Gasteiger partial charge on any atom is 0.0758 e. The second-order valence-electron chi connectivity index (χ2n) is 12.2. The fraction of sp³-hybridized carbons (Fsp3) is 0.926. The van der Waals surface area contributed by atoms with Gasteiger partial charge in [0.2, 0.25) is 0 Å². The van der Waals surface area contributed by atoms with Gasteiger partial charge in [0.1, 0.15) is 0 Å². The number of rotatable bonds is 6. The largest absolute Gasteiger partial charge is 0.396 e. The van der Waals surface area contributed by atoms with E-state index < -0.39 is 0 Å². The average molecular weight is 419 g/mol. The maximum atomic E-state index is 11.1. The third-order valence-electron chi connectivity index (χ3n) is 10.5. The van der Waals surface area contributed by atoms with Crippen molar-refractivity contribution in [2.45, 2.75) is 104 Å². The summed E-state index contributed by atoms with van der Waals surface area (Å²) in [5.74, 6) is 3.42. The summed E-state index contributed by atoms with van der Waals surface area (Å²) < 4.78 is 0. The minimum Gasteiger partial charge on any atom is -0.396 e. The molecule has 0 heterocycles. The Labute approximate surface area is 184 Å². The molecule has 0 spiro atoms. The molecule has 4 aliphatic carbocycles. The Hall–Kier alpha value is -0.380. The minimum absolute atomic E-state index is 0.161. The Morgan fingerprint density at radius 3 is 2.40 bits per heavy atom. The lowest BCUT2D eigenvalue weighted by Crippen LogP contribution is -2.53. The molecule has 172 valence electrons. The molecule has 0 aromatic rings. The Bertz CT molecular complexity index is 644. The molecule has 0 amide bonds. The summed E-state index contributed by atoms with van der Waals surface area (Å²) in [7, 11) is 0. The van der Waals surface area contributed by atoms with Crippen LogP contribution in [0.5, 0.6) is 0 Å². The number of fused-ring (bicyclic) bond motifs is 5. The molecule has 3 saturated carbocycles. The summed E-state index contributed by atoms with van der Waals surface area (Å²) in [5, 5.41) is 30.6. The first-order valence-corrected chi connectivity index (χ1v) is 12.9. The zero-order chi connectivity index (χ0) is 21.7. The van der Waals surface area contributed by atoms with Crippen LogP contribution in [0.1, 0.15) is 91.9 Å². The number of hydrogen-bond acceptors (Lipinski definition) is 3. The lowest BCUT2D eigenvalue weighted by Gasteiger charge is -2.58. The van der Waals surface area contributed by atoms with E-state index in [1.54, 1.807) is 5.57 Å². The van der Waals surface area contributed by atoms with Crippen LogP contribution in [0.3, 0.4) is 0 Å². The van der Waals surface area contributed by atoms with Crippen LogP contribution in [-0.4, -0.2) is 34.1 Å². The SMILES string of the molecule is CC(CO)CCC[C@@H](C)C1CCC2C3=CC(O)[C@H]4C[C@@H](O)CC[C@]4(C)C3CC[C@@]21C. The van der Waals surface area contributed by atoms with Gasteiger partial charge in [0.15, 0.2) is 0 Å². The summed E-state index contributed by atoms with van der Waals surface area (Å²) in [4.78, 5) is 0. The van der Waals surface area contributed by atoms with Gasteiger partial charge in [0.05, 0.1) is 12.2 Å². The van der Waals surface area contributed by atoms with E-state index in [1.807, 2.05) is 0 Å². The third kappa shape index (κ3) is 3.71. The van der Waals surface area contributed by atoms with E-state index in [-0.39, 0.29) is 23.5 Å². The van der Waals surface area contributed by atoms with E-state index in [9.17, 15) is 15.3 Å². The van der Waals surface area contributed by atoms with Crippen molar-refractivity contribution in [1.82, 2.24) is 0 Å². The molecule has 0 saturated heterocycles. The van der Waals surface area contributed by atoms with Crippen LogP contribution >= 0.6 is 0 Å². The second kappa shape index (κ2) is 8.52. The van der Waals surface area contributed by atoms with Gasteiger partial charge in [0, 0.05) is 6.61 Å². The molecular formula is C27H46O3. The fourth-order valence-corrected chi connectivity index (χ4v) is 8.61. The van der Waals surface area contributed by atoms with Crippen LogP contribution in [0.4, 0.5) is 0 Å². The van der Waals surface area contributed by atoms with Crippen LogP contribution in [0, 0.1) is 46.3 Å². The normalized spacial score (nSPS) is 47.6. The zero-order valence-electron chi connectivity index (χ0n) is 19.8. The Morgan fingerprint density at radius 1 is 0.967 bits per heavy atom. The summed E-state index contributed by atoms with van der Waals surface area (Å²) in [6.07, 6.45) is 13.2. The topological polar surface area (TPSA) is 60.7 Å². The van der Waals surface area contributed by atoms with E-state index in [4.69, 9.17) is 0 Å². The molecule has 0 aliphatic heterocycles. The number of aliphatic hydroxyl groups is 3. The molecule has 3 nitrogen and oxygen atoms in total. The first-order chi connectivity index (χ1) is 14.2. The highest BCUT2D eigenvalue weighted by Gasteiger charge is 2.59. The monoisotopic (exact) mass is 418 g/mol. The van der Waals surface area contributed by atoms with Crippen molar-refractivity contribution in [2.75, 3.05) is 6.61 Å². The molecule has 0 radical (unpaired) electrons. The van der Waals surface area contributed by atoms with Gasteiger partial charge in [-0.05, 0) is 97.7 Å². The molecule has 30 heavy (non-hydrogen) atoms. The van der Waals surface area contributed by atoms with Crippen molar-refractivity contribution in [3.8, 4) is 0 Å². The highest BCUT2D eigenvalue weighted by molar-refractivity contribution is 5.29. The second-order valence-corrected chi connectivity index (χ2v) is 12.2. The van der Waals surface area contributed by atoms with Crippen molar-refractivity contribution in [3.05, 3.63) is 11.6 Å². The van der Waals surface area contributed by atoms with E-state index in [1.165, 1.54) is 38.5 Å². The molecule has 3 heteroatoms. The summed E-state index contributed by atoms with van der Waals surface area (Å²) in [5.41, 5.74) is 2.13. The van der Waals surface area contributed by atoms with Gasteiger partial charge < -0.3 is 15.3 Å². The fourth-order valence-electron chi connectivity index (χ4n) is 8.61. The Kier molecular flexibility index (Phi) is 6.48. The molecule has 10 atom stereocenters. The van der Waals surface area contributed by atoms with Gasteiger partial charge in [-0.25, -0.2) is 0 Å². The molecule has 4 rings (SSSR count). The van der Waals surface area contributed by atoms with Crippen molar-refractivity contribution in [2.24, 2.45) is 46.3 Å². The minimum atomic E-state index is -0.380. The lowest BCUT2D eigenvalue weighted by molar-refractivity contribution is -0.0835. The predicted molar refractivity (Wildman–Crippen MR) is 122 cm³/mol. The van der Waals surface area contributed by atoms with Crippen molar-refractivity contribution < 1.29 is 15.3 Å².